The Balaban J connectivity index is 1.39. The highest BCUT2D eigenvalue weighted by atomic mass is 19.1. The maximum absolute atomic E-state index is 13.3. The molecular formula is C18H19FN4O2. The Morgan fingerprint density at radius 1 is 1.40 bits per heavy atom. The van der Waals surface area contributed by atoms with Gasteiger partial charge in [0, 0.05) is 31.0 Å². The van der Waals surface area contributed by atoms with Crippen molar-refractivity contribution in [3.05, 3.63) is 54.4 Å². The molecule has 3 heterocycles. The molecule has 1 spiro atoms. The van der Waals surface area contributed by atoms with E-state index < -0.39 is 0 Å². The van der Waals surface area contributed by atoms with E-state index in [1.807, 2.05) is 6.07 Å². The van der Waals surface area contributed by atoms with Gasteiger partial charge < -0.3 is 15.0 Å². The molecule has 1 aromatic carbocycles. The van der Waals surface area contributed by atoms with Crippen LogP contribution in [0.2, 0.25) is 0 Å². The summed E-state index contributed by atoms with van der Waals surface area (Å²) in [5.74, 6) is -0.379. The zero-order valence-electron chi connectivity index (χ0n) is 13.7. The number of nitrogens with zero attached hydrogens (tertiary/aromatic N) is 3. The third kappa shape index (κ3) is 3.32. The molecule has 2 aromatic rings. The van der Waals surface area contributed by atoms with E-state index in [4.69, 9.17) is 4.74 Å². The van der Waals surface area contributed by atoms with Gasteiger partial charge in [-0.25, -0.2) is 9.37 Å². The van der Waals surface area contributed by atoms with Crippen molar-refractivity contribution >= 4 is 11.6 Å². The maximum Gasteiger partial charge on any atom is 0.274 e. The molecule has 2 unspecified atom stereocenters. The van der Waals surface area contributed by atoms with Crippen molar-refractivity contribution in [2.45, 2.75) is 24.5 Å². The van der Waals surface area contributed by atoms with Crippen LogP contribution < -0.4 is 5.32 Å². The summed E-state index contributed by atoms with van der Waals surface area (Å²) in [6, 6.07) is 6.52. The molecule has 2 aliphatic heterocycles. The predicted molar refractivity (Wildman–Crippen MR) is 89.7 cm³/mol. The molecule has 2 fully saturated rings. The molecule has 130 valence electrons. The molecule has 0 saturated carbocycles. The van der Waals surface area contributed by atoms with E-state index in [9.17, 15) is 9.18 Å². The lowest BCUT2D eigenvalue weighted by molar-refractivity contribution is 0.0124. The van der Waals surface area contributed by atoms with Crippen LogP contribution in [0.3, 0.4) is 0 Å². The summed E-state index contributed by atoms with van der Waals surface area (Å²) in [7, 11) is 0. The van der Waals surface area contributed by atoms with Gasteiger partial charge in [0.2, 0.25) is 0 Å². The molecule has 2 atom stereocenters. The highest BCUT2D eigenvalue weighted by molar-refractivity contribution is 5.92. The first-order valence-electron chi connectivity index (χ1n) is 8.35. The van der Waals surface area contributed by atoms with E-state index in [1.54, 1.807) is 17.2 Å². The molecule has 2 saturated heterocycles. The van der Waals surface area contributed by atoms with Gasteiger partial charge in [0.25, 0.3) is 5.91 Å². The van der Waals surface area contributed by atoms with Crippen LogP contribution in [0.15, 0.2) is 42.9 Å². The lowest BCUT2D eigenvalue weighted by atomic mass is 9.97. The summed E-state index contributed by atoms with van der Waals surface area (Å²) in [5, 5.41) is 3.32. The van der Waals surface area contributed by atoms with E-state index in [2.05, 4.69) is 15.3 Å². The molecule has 25 heavy (non-hydrogen) atoms. The van der Waals surface area contributed by atoms with Crippen molar-refractivity contribution in [2.75, 3.05) is 25.0 Å². The van der Waals surface area contributed by atoms with Gasteiger partial charge in [-0.1, -0.05) is 6.07 Å². The minimum absolute atomic E-state index is 0.105. The fourth-order valence-electron chi connectivity index (χ4n) is 3.62. The fourth-order valence-corrected chi connectivity index (χ4v) is 3.62. The highest BCUT2D eigenvalue weighted by Crippen LogP contribution is 2.36. The van der Waals surface area contributed by atoms with Crippen LogP contribution in [0, 0.1) is 5.82 Å². The van der Waals surface area contributed by atoms with E-state index in [-0.39, 0.29) is 23.4 Å². The Hall–Kier alpha value is -2.54. The number of anilines is 1. The normalized spacial score (nSPS) is 25.5. The van der Waals surface area contributed by atoms with Crippen LogP contribution in [-0.2, 0) is 4.74 Å². The number of rotatable bonds is 3. The molecular weight excluding hydrogens is 323 g/mol. The smallest absolute Gasteiger partial charge is 0.274 e. The Labute approximate surface area is 145 Å². The number of carbonyl (C=O) groups excluding carboxylic acids is 1. The lowest BCUT2D eigenvalue weighted by Gasteiger charge is -2.23. The Kier molecular flexibility index (Phi) is 4.09. The molecule has 0 radical (unpaired) electrons. The van der Waals surface area contributed by atoms with Crippen LogP contribution in [0.1, 0.15) is 23.3 Å². The molecule has 4 rings (SSSR count). The number of hydrogen-bond acceptors (Lipinski definition) is 5. The summed E-state index contributed by atoms with van der Waals surface area (Å²) >= 11 is 0. The van der Waals surface area contributed by atoms with Crippen molar-refractivity contribution in [3.63, 3.8) is 0 Å². The molecule has 7 heteroatoms. The summed E-state index contributed by atoms with van der Waals surface area (Å²) in [6.07, 6.45) is 6.13. The van der Waals surface area contributed by atoms with Crippen molar-refractivity contribution in [2.24, 2.45) is 0 Å². The fraction of sp³-hybridized carbons (Fsp3) is 0.389. The summed E-state index contributed by atoms with van der Waals surface area (Å²) < 4.78 is 19.4. The Morgan fingerprint density at radius 2 is 2.32 bits per heavy atom. The zero-order chi connectivity index (χ0) is 17.3. The van der Waals surface area contributed by atoms with Crippen molar-refractivity contribution in [1.29, 1.82) is 0 Å². The number of ether oxygens (including phenoxy) is 1. The minimum atomic E-state index is -0.330. The molecule has 0 aliphatic carbocycles. The van der Waals surface area contributed by atoms with Gasteiger partial charge in [-0.05, 0) is 24.6 Å². The standard InChI is InChI=1S/C18H19FN4O2/c19-13-2-1-3-14(8-13)22-15-9-18(25-11-15)4-7-23(12-18)17(24)16-10-20-5-6-21-16/h1-3,5-6,8,10,15,22H,4,7,9,11-12H2. The average molecular weight is 342 g/mol. The number of benzene rings is 1. The Morgan fingerprint density at radius 3 is 3.12 bits per heavy atom. The number of nitrogens with one attached hydrogen (secondary N) is 1. The topological polar surface area (TPSA) is 67.4 Å². The monoisotopic (exact) mass is 342 g/mol. The number of hydrogen-bond donors (Lipinski definition) is 1. The van der Waals surface area contributed by atoms with Crippen molar-refractivity contribution in [1.82, 2.24) is 14.9 Å². The quantitative estimate of drug-likeness (QED) is 0.925. The molecule has 1 N–H and O–H groups in total. The van der Waals surface area contributed by atoms with Crippen LogP contribution in [0.5, 0.6) is 0 Å². The van der Waals surface area contributed by atoms with Crippen molar-refractivity contribution < 1.29 is 13.9 Å². The first-order chi connectivity index (χ1) is 12.1. The highest BCUT2D eigenvalue weighted by Gasteiger charge is 2.47. The van der Waals surface area contributed by atoms with E-state index in [0.717, 1.165) is 18.5 Å². The largest absolute Gasteiger partial charge is 0.380 e. The lowest BCUT2D eigenvalue weighted by Crippen LogP contribution is -2.36. The molecule has 0 bridgehead atoms. The number of amides is 1. The summed E-state index contributed by atoms with van der Waals surface area (Å²) in [5.41, 5.74) is 0.770. The number of carbonyl (C=O) groups is 1. The second kappa shape index (κ2) is 6.40. The van der Waals surface area contributed by atoms with Gasteiger partial charge in [-0.15, -0.1) is 0 Å². The predicted octanol–water partition coefficient (Wildman–Crippen LogP) is 2.10. The van der Waals surface area contributed by atoms with E-state index in [1.165, 1.54) is 24.5 Å². The van der Waals surface area contributed by atoms with Crippen LogP contribution >= 0.6 is 0 Å². The maximum atomic E-state index is 13.3. The average Bonchev–Trinajstić information content (AvgIpc) is 3.22. The van der Waals surface area contributed by atoms with Gasteiger partial charge in [-0.3, -0.25) is 9.78 Å². The van der Waals surface area contributed by atoms with Crippen LogP contribution in [0.25, 0.3) is 0 Å². The van der Waals surface area contributed by atoms with Gasteiger partial charge in [0.15, 0.2) is 0 Å². The summed E-state index contributed by atoms with van der Waals surface area (Å²) in [6.45, 7) is 1.73. The molecule has 2 aliphatic rings. The van der Waals surface area contributed by atoms with Gasteiger partial charge in [0.05, 0.1) is 31.0 Å². The van der Waals surface area contributed by atoms with Crippen LogP contribution in [0.4, 0.5) is 10.1 Å². The number of aromatic nitrogens is 2. The van der Waals surface area contributed by atoms with Gasteiger partial charge >= 0.3 is 0 Å². The SMILES string of the molecule is O=C(c1cnccn1)N1CCC2(CC(Nc3cccc(F)c3)CO2)C1. The Bertz CT molecular complexity index is 773. The molecule has 1 aromatic heterocycles. The minimum Gasteiger partial charge on any atom is -0.380 e. The summed E-state index contributed by atoms with van der Waals surface area (Å²) in [4.78, 5) is 22.3. The van der Waals surface area contributed by atoms with Crippen molar-refractivity contribution in [3.8, 4) is 0 Å². The van der Waals surface area contributed by atoms with E-state index in [0.29, 0.717) is 25.4 Å². The third-order valence-corrected chi connectivity index (χ3v) is 4.79. The first-order valence-corrected chi connectivity index (χ1v) is 8.35. The number of likely N-dealkylation sites (tertiary alicyclic amines) is 1. The second-order valence-electron chi connectivity index (χ2n) is 6.62. The first kappa shape index (κ1) is 16.0. The van der Waals surface area contributed by atoms with Gasteiger partial charge in [-0.2, -0.15) is 0 Å². The molecule has 1 amide bonds. The zero-order valence-corrected chi connectivity index (χ0v) is 13.7. The molecule has 6 nitrogen and oxygen atoms in total. The van der Waals surface area contributed by atoms with E-state index >= 15 is 0 Å². The van der Waals surface area contributed by atoms with Gasteiger partial charge in [0.1, 0.15) is 11.5 Å². The number of halogens is 1. The second-order valence-corrected chi connectivity index (χ2v) is 6.62. The van der Waals surface area contributed by atoms with Crippen LogP contribution in [-0.4, -0.2) is 52.1 Å². The third-order valence-electron chi connectivity index (χ3n) is 4.79.